The van der Waals surface area contributed by atoms with Gasteiger partial charge in [-0.25, -0.2) is 8.78 Å². The van der Waals surface area contributed by atoms with Gasteiger partial charge in [0, 0.05) is 44.4 Å². The Hall–Kier alpha value is -0.750. The smallest absolute Gasteiger partial charge is 0.142 e. The minimum absolute atomic E-state index is 0.0964. The lowest BCUT2D eigenvalue weighted by atomic mass is 10.0. The SMILES string of the molecule is OCC[C@H](c1c(F)ccc(F)c1Cl)N1CCNCC1. The number of benzene rings is 1. The van der Waals surface area contributed by atoms with Gasteiger partial charge in [0.1, 0.15) is 11.6 Å². The molecule has 1 saturated heterocycles. The van der Waals surface area contributed by atoms with Crippen LogP contribution in [0.15, 0.2) is 12.1 Å². The van der Waals surface area contributed by atoms with Gasteiger partial charge < -0.3 is 10.4 Å². The van der Waals surface area contributed by atoms with Gasteiger partial charge in [-0.1, -0.05) is 11.6 Å². The van der Waals surface area contributed by atoms with Crippen LogP contribution in [0.25, 0.3) is 0 Å². The molecular formula is C13H17ClF2N2O. The van der Waals surface area contributed by atoms with Crippen molar-refractivity contribution in [1.29, 1.82) is 0 Å². The van der Waals surface area contributed by atoms with Gasteiger partial charge in [-0.05, 0) is 18.6 Å². The van der Waals surface area contributed by atoms with E-state index in [4.69, 9.17) is 11.6 Å². The molecule has 0 spiro atoms. The van der Waals surface area contributed by atoms with E-state index in [1.807, 2.05) is 4.90 Å². The second kappa shape index (κ2) is 6.61. The summed E-state index contributed by atoms with van der Waals surface area (Å²) in [6, 6.07) is 1.72. The largest absolute Gasteiger partial charge is 0.396 e. The quantitative estimate of drug-likeness (QED) is 0.832. The Balaban J connectivity index is 2.35. The zero-order chi connectivity index (χ0) is 13.8. The molecular weight excluding hydrogens is 274 g/mol. The Labute approximate surface area is 116 Å². The fraction of sp³-hybridized carbons (Fsp3) is 0.538. The third-order valence-corrected chi connectivity index (χ3v) is 3.79. The van der Waals surface area contributed by atoms with Crippen LogP contribution in [0.1, 0.15) is 18.0 Å². The first-order chi connectivity index (χ1) is 9.15. The highest BCUT2D eigenvalue weighted by atomic mass is 35.5. The van der Waals surface area contributed by atoms with E-state index in [9.17, 15) is 13.9 Å². The van der Waals surface area contributed by atoms with Crippen molar-refractivity contribution >= 4 is 11.6 Å². The predicted molar refractivity (Wildman–Crippen MR) is 70.3 cm³/mol. The lowest BCUT2D eigenvalue weighted by molar-refractivity contribution is 0.138. The summed E-state index contributed by atoms with van der Waals surface area (Å²) in [6.07, 6.45) is 0.333. The number of aliphatic hydroxyl groups is 1. The Bertz CT molecular complexity index is 439. The topological polar surface area (TPSA) is 35.5 Å². The summed E-state index contributed by atoms with van der Waals surface area (Å²) in [6.45, 7) is 2.92. The predicted octanol–water partition coefficient (Wildman–Crippen LogP) is 1.95. The highest BCUT2D eigenvalue weighted by molar-refractivity contribution is 6.31. The molecule has 1 aromatic carbocycles. The summed E-state index contributed by atoms with van der Waals surface area (Å²) < 4.78 is 27.5. The Morgan fingerprint density at radius 1 is 1.26 bits per heavy atom. The molecule has 1 aliphatic heterocycles. The zero-order valence-electron chi connectivity index (χ0n) is 10.5. The standard InChI is InChI=1S/C13H17ClF2N2O/c14-13-10(16)2-1-9(15)12(13)11(3-8-19)18-6-4-17-5-7-18/h1-2,11,17,19H,3-8H2/t11-/m1/s1. The first kappa shape index (κ1) is 14.7. The second-order valence-electron chi connectivity index (χ2n) is 4.57. The molecule has 3 nitrogen and oxygen atoms in total. The number of aliphatic hydroxyl groups excluding tert-OH is 1. The van der Waals surface area contributed by atoms with Gasteiger partial charge in [0.2, 0.25) is 0 Å². The molecule has 2 N–H and O–H groups in total. The Morgan fingerprint density at radius 2 is 1.89 bits per heavy atom. The van der Waals surface area contributed by atoms with E-state index in [0.29, 0.717) is 6.42 Å². The molecule has 106 valence electrons. The van der Waals surface area contributed by atoms with Gasteiger partial charge in [-0.3, -0.25) is 4.90 Å². The molecule has 0 aliphatic carbocycles. The minimum Gasteiger partial charge on any atom is -0.396 e. The van der Waals surface area contributed by atoms with Crippen LogP contribution in [-0.2, 0) is 0 Å². The van der Waals surface area contributed by atoms with Crippen LogP contribution in [0.3, 0.4) is 0 Å². The van der Waals surface area contributed by atoms with Crippen molar-refractivity contribution in [3.05, 3.63) is 34.4 Å². The fourth-order valence-electron chi connectivity index (χ4n) is 2.47. The molecule has 0 aromatic heterocycles. The third-order valence-electron chi connectivity index (χ3n) is 3.41. The number of nitrogens with zero attached hydrogens (tertiary/aromatic N) is 1. The second-order valence-corrected chi connectivity index (χ2v) is 4.95. The van der Waals surface area contributed by atoms with Crippen molar-refractivity contribution in [2.75, 3.05) is 32.8 Å². The molecule has 1 aromatic rings. The lowest BCUT2D eigenvalue weighted by Crippen LogP contribution is -2.45. The molecule has 0 saturated carbocycles. The average molecular weight is 291 g/mol. The Morgan fingerprint density at radius 3 is 2.53 bits per heavy atom. The molecule has 1 atom stereocenters. The van der Waals surface area contributed by atoms with E-state index in [1.54, 1.807) is 0 Å². The monoisotopic (exact) mass is 290 g/mol. The molecule has 0 amide bonds. The van der Waals surface area contributed by atoms with Crippen LogP contribution >= 0.6 is 11.6 Å². The highest BCUT2D eigenvalue weighted by Gasteiger charge is 2.27. The molecule has 0 radical (unpaired) electrons. The molecule has 1 fully saturated rings. The van der Waals surface area contributed by atoms with Gasteiger partial charge in [-0.15, -0.1) is 0 Å². The van der Waals surface area contributed by atoms with Gasteiger partial charge in [-0.2, -0.15) is 0 Å². The van der Waals surface area contributed by atoms with E-state index >= 15 is 0 Å². The minimum atomic E-state index is -0.629. The fourth-order valence-corrected chi connectivity index (χ4v) is 2.75. The van der Waals surface area contributed by atoms with E-state index in [0.717, 1.165) is 38.3 Å². The maximum atomic E-state index is 14.0. The number of hydrogen-bond acceptors (Lipinski definition) is 3. The first-order valence-corrected chi connectivity index (χ1v) is 6.72. The Kier molecular flexibility index (Phi) is 5.10. The normalized spacial score (nSPS) is 18.5. The number of piperazine rings is 1. The van der Waals surface area contributed by atoms with Crippen LogP contribution < -0.4 is 5.32 Å². The molecule has 6 heteroatoms. The maximum Gasteiger partial charge on any atom is 0.142 e. The van der Waals surface area contributed by atoms with E-state index in [1.165, 1.54) is 0 Å². The van der Waals surface area contributed by atoms with Gasteiger partial charge in [0.05, 0.1) is 5.02 Å². The summed E-state index contributed by atoms with van der Waals surface area (Å²) in [5.41, 5.74) is 0.151. The molecule has 0 unspecified atom stereocenters. The van der Waals surface area contributed by atoms with E-state index in [2.05, 4.69) is 5.32 Å². The van der Waals surface area contributed by atoms with Crippen molar-refractivity contribution in [2.45, 2.75) is 12.5 Å². The number of rotatable bonds is 4. The average Bonchev–Trinajstić information content (AvgIpc) is 2.43. The van der Waals surface area contributed by atoms with Crippen LogP contribution in [0.5, 0.6) is 0 Å². The lowest BCUT2D eigenvalue weighted by Gasteiger charge is -2.35. The van der Waals surface area contributed by atoms with Crippen molar-refractivity contribution in [3.63, 3.8) is 0 Å². The summed E-state index contributed by atoms with van der Waals surface area (Å²) in [7, 11) is 0. The van der Waals surface area contributed by atoms with Crippen molar-refractivity contribution in [2.24, 2.45) is 0 Å². The van der Waals surface area contributed by atoms with E-state index in [-0.39, 0.29) is 17.2 Å². The molecule has 2 rings (SSSR count). The molecule has 19 heavy (non-hydrogen) atoms. The van der Waals surface area contributed by atoms with Gasteiger partial charge in [0.15, 0.2) is 0 Å². The third kappa shape index (κ3) is 3.23. The zero-order valence-corrected chi connectivity index (χ0v) is 11.3. The van der Waals surface area contributed by atoms with Crippen LogP contribution in [0, 0.1) is 11.6 Å². The summed E-state index contributed by atoms with van der Waals surface area (Å²) in [4.78, 5) is 2.02. The molecule has 1 heterocycles. The maximum absolute atomic E-state index is 14.0. The molecule has 1 aliphatic rings. The first-order valence-electron chi connectivity index (χ1n) is 6.34. The highest BCUT2D eigenvalue weighted by Crippen LogP contribution is 2.34. The van der Waals surface area contributed by atoms with Crippen molar-refractivity contribution < 1.29 is 13.9 Å². The summed E-state index contributed by atoms with van der Waals surface area (Å²) in [5.74, 6) is -1.15. The number of nitrogens with one attached hydrogen (secondary N) is 1. The van der Waals surface area contributed by atoms with Crippen molar-refractivity contribution in [1.82, 2.24) is 10.2 Å². The van der Waals surface area contributed by atoms with Gasteiger partial charge in [0.25, 0.3) is 0 Å². The van der Waals surface area contributed by atoms with E-state index < -0.39 is 17.7 Å². The van der Waals surface area contributed by atoms with Crippen molar-refractivity contribution in [3.8, 4) is 0 Å². The number of hydrogen-bond donors (Lipinski definition) is 2. The summed E-state index contributed by atoms with van der Waals surface area (Å²) in [5, 5.41) is 12.2. The number of halogens is 3. The summed E-state index contributed by atoms with van der Waals surface area (Å²) >= 11 is 5.91. The van der Waals surface area contributed by atoms with Crippen LogP contribution in [0.4, 0.5) is 8.78 Å². The molecule has 0 bridgehead atoms. The van der Waals surface area contributed by atoms with Gasteiger partial charge >= 0.3 is 0 Å². The van der Waals surface area contributed by atoms with Crippen LogP contribution in [-0.4, -0.2) is 42.8 Å². The van der Waals surface area contributed by atoms with Crippen LogP contribution in [0.2, 0.25) is 5.02 Å².